The molecule has 116 valence electrons. The molecule has 20 heavy (non-hydrogen) atoms. The van der Waals surface area contributed by atoms with Crippen LogP contribution in [0.4, 0.5) is 0 Å². The summed E-state index contributed by atoms with van der Waals surface area (Å²) in [6.07, 6.45) is 4.92. The van der Waals surface area contributed by atoms with Gasteiger partial charge in [0.2, 0.25) is 0 Å². The molecule has 1 aliphatic rings. The van der Waals surface area contributed by atoms with Gasteiger partial charge in [0.25, 0.3) is 5.91 Å². The summed E-state index contributed by atoms with van der Waals surface area (Å²) in [4.78, 5) is 25.7. The van der Waals surface area contributed by atoms with E-state index in [9.17, 15) is 9.59 Å². The summed E-state index contributed by atoms with van der Waals surface area (Å²) in [6.45, 7) is 7.15. The fraction of sp³-hybridized carbons (Fsp3) is 0.867. The van der Waals surface area contributed by atoms with E-state index in [4.69, 9.17) is 4.74 Å². The van der Waals surface area contributed by atoms with E-state index in [0.717, 1.165) is 51.7 Å². The van der Waals surface area contributed by atoms with Gasteiger partial charge in [-0.3, -0.25) is 9.59 Å². The normalized spacial score (nSPS) is 18.0. The predicted molar refractivity (Wildman–Crippen MR) is 78.3 cm³/mol. The fourth-order valence-corrected chi connectivity index (χ4v) is 2.26. The molecule has 0 spiro atoms. The van der Waals surface area contributed by atoms with E-state index in [-0.39, 0.29) is 24.4 Å². The number of unbranched alkanes of at least 4 members (excludes halogenated alkanes) is 2. The standard InChI is InChI=1S/C15H28N2O3/c1-3-5-9-17(10-6-4-2)14(18)12-20-15(19)13-7-8-16-11-13/h13,16H,3-12H2,1-2H3. The van der Waals surface area contributed by atoms with Crippen LogP contribution in [0.3, 0.4) is 0 Å². The number of nitrogens with zero attached hydrogens (tertiary/aromatic N) is 1. The summed E-state index contributed by atoms with van der Waals surface area (Å²) < 4.78 is 5.16. The summed E-state index contributed by atoms with van der Waals surface area (Å²) in [5.74, 6) is -0.386. The first-order valence-electron chi connectivity index (χ1n) is 7.84. The van der Waals surface area contributed by atoms with Crippen LogP contribution in [0.25, 0.3) is 0 Å². The lowest BCUT2D eigenvalue weighted by molar-refractivity contribution is -0.155. The molecule has 1 atom stereocenters. The molecule has 1 heterocycles. The molecule has 1 aliphatic heterocycles. The van der Waals surface area contributed by atoms with Gasteiger partial charge in [0, 0.05) is 19.6 Å². The number of carbonyl (C=O) groups is 2. The molecule has 0 saturated carbocycles. The monoisotopic (exact) mass is 284 g/mol. The van der Waals surface area contributed by atoms with Crippen LogP contribution in [0.1, 0.15) is 46.0 Å². The maximum Gasteiger partial charge on any atom is 0.310 e. The number of hydrogen-bond acceptors (Lipinski definition) is 4. The van der Waals surface area contributed by atoms with Crippen LogP contribution < -0.4 is 5.32 Å². The van der Waals surface area contributed by atoms with Gasteiger partial charge in [-0.2, -0.15) is 0 Å². The van der Waals surface area contributed by atoms with Crippen LogP contribution in [-0.2, 0) is 14.3 Å². The minimum absolute atomic E-state index is 0.0637. The third-order valence-electron chi connectivity index (χ3n) is 3.65. The second-order valence-corrected chi connectivity index (χ2v) is 5.39. The minimum atomic E-state index is -0.241. The SMILES string of the molecule is CCCCN(CCCC)C(=O)COC(=O)C1CCNC1. The molecule has 1 N–H and O–H groups in total. The van der Waals surface area contributed by atoms with E-state index in [0.29, 0.717) is 6.54 Å². The predicted octanol–water partition coefficient (Wildman–Crippen LogP) is 1.57. The van der Waals surface area contributed by atoms with Gasteiger partial charge in [-0.1, -0.05) is 26.7 Å². The Kier molecular flexibility index (Phi) is 8.26. The Morgan fingerprint density at radius 2 is 1.85 bits per heavy atom. The Balaban J connectivity index is 2.33. The molecule has 0 radical (unpaired) electrons. The van der Waals surface area contributed by atoms with Crippen molar-refractivity contribution in [2.24, 2.45) is 5.92 Å². The Bertz CT molecular complexity index is 293. The first kappa shape index (κ1) is 17.0. The fourth-order valence-electron chi connectivity index (χ4n) is 2.26. The smallest absolute Gasteiger partial charge is 0.310 e. The average Bonchev–Trinajstić information content (AvgIpc) is 2.99. The Labute approximate surface area is 122 Å². The van der Waals surface area contributed by atoms with Gasteiger partial charge in [0.15, 0.2) is 6.61 Å². The van der Waals surface area contributed by atoms with Gasteiger partial charge in [-0.05, 0) is 25.8 Å². The summed E-state index contributed by atoms with van der Waals surface area (Å²) in [5.41, 5.74) is 0. The highest BCUT2D eigenvalue weighted by atomic mass is 16.5. The van der Waals surface area contributed by atoms with Gasteiger partial charge >= 0.3 is 5.97 Å². The van der Waals surface area contributed by atoms with Crippen molar-refractivity contribution in [2.45, 2.75) is 46.0 Å². The van der Waals surface area contributed by atoms with E-state index in [1.165, 1.54) is 0 Å². The number of rotatable bonds is 9. The van der Waals surface area contributed by atoms with Gasteiger partial charge < -0.3 is 15.0 Å². The zero-order chi connectivity index (χ0) is 14.8. The summed E-state index contributed by atoms with van der Waals surface area (Å²) in [5, 5.41) is 3.12. The number of esters is 1. The third-order valence-corrected chi connectivity index (χ3v) is 3.65. The van der Waals surface area contributed by atoms with E-state index >= 15 is 0 Å². The summed E-state index contributed by atoms with van der Waals surface area (Å²) in [7, 11) is 0. The molecule has 0 aliphatic carbocycles. The van der Waals surface area contributed by atoms with Gasteiger partial charge in [-0.25, -0.2) is 0 Å². The average molecular weight is 284 g/mol. The van der Waals surface area contributed by atoms with Crippen molar-refractivity contribution >= 4 is 11.9 Å². The van der Waals surface area contributed by atoms with E-state index in [1.807, 2.05) is 4.90 Å². The first-order chi connectivity index (χ1) is 9.69. The maximum absolute atomic E-state index is 12.1. The highest BCUT2D eigenvalue weighted by molar-refractivity contribution is 5.81. The van der Waals surface area contributed by atoms with Crippen molar-refractivity contribution < 1.29 is 14.3 Å². The van der Waals surface area contributed by atoms with Crippen molar-refractivity contribution in [3.63, 3.8) is 0 Å². The lowest BCUT2D eigenvalue weighted by Crippen LogP contribution is -2.37. The van der Waals surface area contributed by atoms with Crippen LogP contribution in [0, 0.1) is 5.92 Å². The lowest BCUT2D eigenvalue weighted by atomic mass is 10.1. The molecular weight excluding hydrogens is 256 g/mol. The maximum atomic E-state index is 12.1. The molecule has 1 amide bonds. The van der Waals surface area contributed by atoms with Gasteiger partial charge in [-0.15, -0.1) is 0 Å². The van der Waals surface area contributed by atoms with Crippen molar-refractivity contribution in [1.82, 2.24) is 10.2 Å². The molecule has 0 aromatic heterocycles. The number of nitrogens with one attached hydrogen (secondary N) is 1. The van der Waals surface area contributed by atoms with Crippen LogP contribution in [0.2, 0.25) is 0 Å². The third kappa shape index (κ3) is 5.90. The Morgan fingerprint density at radius 3 is 2.35 bits per heavy atom. The van der Waals surface area contributed by atoms with Crippen molar-refractivity contribution in [1.29, 1.82) is 0 Å². The topological polar surface area (TPSA) is 58.6 Å². The molecule has 1 unspecified atom stereocenters. The quantitative estimate of drug-likeness (QED) is 0.653. The molecule has 1 saturated heterocycles. The molecular formula is C15H28N2O3. The zero-order valence-corrected chi connectivity index (χ0v) is 12.8. The summed E-state index contributed by atoms with van der Waals surface area (Å²) in [6, 6.07) is 0. The summed E-state index contributed by atoms with van der Waals surface area (Å²) >= 11 is 0. The molecule has 1 fully saturated rings. The molecule has 0 aromatic rings. The van der Waals surface area contributed by atoms with Crippen LogP contribution in [-0.4, -0.2) is 49.6 Å². The largest absolute Gasteiger partial charge is 0.455 e. The number of hydrogen-bond donors (Lipinski definition) is 1. The van der Waals surface area contributed by atoms with Crippen LogP contribution in [0.15, 0.2) is 0 Å². The van der Waals surface area contributed by atoms with Crippen molar-refractivity contribution in [3.05, 3.63) is 0 Å². The van der Waals surface area contributed by atoms with E-state index in [2.05, 4.69) is 19.2 Å². The Hall–Kier alpha value is -1.10. The van der Waals surface area contributed by atoms with Crippen LogP contribution in [0.5, 0.6) is 0 Å². The molecule has 1 rings (SSSR count). The minimum Gasteiger partial charge on any atom is -0.455 e. The first-order valence-corrected chi connectivity index (χ1v) is 7.84. The second kappa shape index (κ2) is 9.75. The Morgan fingerprint density at radius 1 is 1.20 bits per heavy atom. The highest BCUT2D eigenvalue weighted by Gasteiger charge is 2.25. The van der Waals surface area contributed by atoms with E-state index < -0.39 is 0 Å². The van der Waals surface area contributed by atoms with Gasteiger partial charge in [0.1, 0.15) is 0 Å². The number of amides is 1. The second-order valence-electron chi connectivity index (χ2n) is 5.39. The molecule has 0 aromatic carbocycles. The van der Waals surface area contributed by atoms with Gasteiger partial charge in [0.05, 0.1) is 5.92 Å². The van der Waals surface area contributed by atoms with Crippen molar-refractivity contribution in [3.8, 4) is 0 Å². The van der Waals surface area contributed by atoms with E-state index in [1.54, 1.807) is 0 Å². The molecule has 5 heteroatoms. The zero-order valence-electron chi connectivity index (χ0n) is 12.8. The molecule has 5 nitrogen and oxygen atoms in total. The number of carbonyl (C=O) groups excluding carboxylic acids is 2. The van der Waals surface area contributed by atoms with Crippen LogP contribution >= 0.6 is 0 Å². The van der Waals surface area contributed by atoms with Crippen molar-refractivity contribution in [2.75, 3.05) is 32.8 Å². The lowest BCUT2D eigenvalue weighted by Gasteiger charge is -2.22. The molecule has 0 bridgehead atoms. The highest BCUT2D eigenvalue weighted by Crippen LogP contribution is 2.09. The number of ether oxygens (including phenoxy) is 1.